The molecule has 1 amide bonds. The summed E-state index contributed by atoms with van der Waals surface area (Å²) in [6, 6.07) is 21.3. The summed E-state index contributed by atoms with van der Waals surface area (Å²) in [4.78, 5) is 29.7. The molecule has 7 heteroatoms. The fourth-order valence-corrected chi connectivity index (χ4v) is 3.85. The van der Waals surface area contributed by atoms with Gasteiger partial charge in [0.05, 0.1) is 11.2 Å². The van der Waals surface area contributed by atoms with Crippen LogP contribution in [0.2, 0.25) is 0 Å². The summed E-state index contributed by atoms with van der Waals surface area (Å²) in [5.74, 6) is 0. The van der Waals surface area contributed by atoms with Crippen LogP contribution >= 0.6 is 0 Å². The summed E-state index contributed by atoms with van der Waals surface area (Å²) in [6.07, 6.45) is -0.469. The molecule has 2 heterocycles. The predicted octanol–water partition coefficient (Wildman–Crippen LogP) is 4.87. The number of pyridine rings is 1. The number of carbonyl (C=O) groups excluding carboxylic acids is 1. The van der Waals surface area contributed by atoms with Crippen LogP contribution in [0.4, 0.5) is 4.79 Å². The maximum absolute atomic E-state index is 12.8. The maximum atomic E-state index is 12.8. The number of nitrogens with one attached hydrogen (secondary N) is 1. The minimum Gasteiger partial charge on any atom is -0.445 e. The first kappa shape index (κ1) is 23.3. The second kappa shape index (κ2) is 9.55. The highest BCUT2D eigenvalue weighted by molar-refractivity contribution is 5.76. The number of nitrogens with zero attached hydrogens (tertiary/aromatic N) is 3. The number of carbonyl (C=O) groups is 1. The minimum atomic E-state index is -0.469. The highest BCUT2D eigenvalue weighted by atomic mass is 16.5. The molecule has 2 aromatic carbocycles. The number of hydrogen-bond acceptors (Lipinski definition) is 4. The molecular weight excluding hydrogens is 428 g/mol. The molecule has 4 aromatic rings. The van der Waals surface area contributed by atoms with E-state index in [0.29, 0.717) is 18.7 Å². The Balaban J connectivity index is 1.48. The second-order valence-corrected chi connectivity index (χ2v) is 9.64. The zero-order valence-electron chi connectivity index (χ0n) is 20.0. The van der Waals surface area contributed by atoms with E-state index in [4.69, 9.17) is 9.72 Å². The quantitative estimate of drug-likeness (QED) is 0.447. The molecule has 0 saturated heterocycles. The van der Waals surface area contributed by atoms with Crippen LogP contribution in [-0.2, 0) is 31.5 Å². The van der Waals surface area contributed by atoms with Gasteiger partial charge in [0.2, 0.25) is 0 Å². The molecule has 0 aliphatic heterocycles. The van der Waals surface area contributed by atoms with Crippen LogP contribution in [0.1, 0.15) is 31.9 Å². The number of alkyl carbamates (subject to hydrolysis) is 1. The Bertz CT molecular complexity index is 1360. The van der Waals surface area contributed by atoms with E-state index in [1.54, 1.807) is 16.2 Å². The van der Waals surface area contributed by atoms with Gasteiger partial charge in [0.15, 0.2) is 5.65 Å². The minimum absolute atomic E-state index is 0.0274. The molecular formula is C27H30N4O3. The van der Waals surface area contributed by atoms with E-state index < -0.39 is 6.09 Å². The average molecular weight is 459 g/mol. The summed E-state index contributed by atoms with van der Waals surface area (Å²) in [5, 5.41) is 2.79. The number of hydrogen-bond donors (Lipinski definition) is 1. The zero-order valence-corrected chi connectivity index (χ0v) is 20.0. The van der Waals surface area contributed by atoms with Crippen molar-refractivity contribution in [2.24, 2.45) is 12.5 Å². The van der Waals surface area contributed by atoms with Gasteiger partial charge in [0, 0.05) is 25.7 Å². The molecule has 4 rings (SSSR count). The van der Waals surface area contributed by atoms with E-state index in [0.717, 1.165) is 27.9 Å². The van der Waals surface area contributed by atoms with Crippen molar-refractivity contribution in [3.05, 3.63) is 88.3 Å². The summed E-state index contributed by atoms with van der Waals surface area (Å²) in [5.41, 5.74) is 4.92. The molecule has 0 aliphatic rings. The topological polar surface area (TPSA) is 78.2 Å². The van der Waals surface area contributed by atoms with Crippen molar-refractivity contribution in [3.63, 3.8) is 0 Å². The van der Waals surface area contributed by atoms with Gasteiger partial charge in [-0.1, -0.05) is 69.3 Å². The van der Waals surface area contributed by atoms with E-state index in [2.05, 4.69) is 26.1 Å². The Morgan fingerprint density at radius 3 is 2.47 bits per heavy atom. The van der Waals surface area contributed by atoms with Crippen LogP contribution < -0.4 is 11.0 Å². The van der Waals surface area contributed by atoms with Gasteiger partial charge in [-0.15, -0.1) is 0 Å². The lowest BCUT2D eigenvalue weighted by Gasteiger charge is -2.18. The molecule has 0 unspecified atom stereocenters. The number of aromatic nitrogens is 3. The average Bonchev–Trinajstić information content (AvgIpc) is 3.05. The van der Waals surface area contributed by atoms with Crippen molar-refractivity contribution >= 4 is 17.3 Å². The smallest absolute Gasteiger partial charge is 0.407 e. The first-order valence-corrected chi connectivity index (χ1v) is 11.3. The Morgan fingerprint density at radius 2 is 1.74 bits per heavy atom. The van der Waals surface area contributed by atoms with Gasteiger partial charge in [-0.2, -0.15) is 0 Å². The zero-order chi connectivity index (χ0) is 24.3. The summed E-state index contributed by atoms with van der Waals surface area (Å²) in [7, 11) is 1.75. The number of benzene rings is 2. The number of ether oxygens (including phenoxy) is 1. The first-order chi connectivity index (χ1) is 16.2. The third-order valence-corrected chi connectivity index (χ3v) is 5.49. The molecule has 0 saturated carbocycles. The van der Waals surface area contributed by atoms with Crippen LogP contribution in [0.5, 0.6) is 0 Å². The lowest BCUT2D eigenvalue weighted by atomic mass is 9.97. The summed E-state index contributed by atoms with van der Waals surface area (Å²) >= 11 is 0. The van der Waals surface area contributed by atoms with Crippen molar-refractivity contribution < 1.29 is 9.53 Å². The molecule has 176 valence electrons. The molecule has 2 aromatic heterocycles. The first-order valence-electron chi connectivity index (χ1n) is 11.3. The highest BCUT2D eigenvalue weighted by Gasteiger charge is 2.19. The predicted molar refractivity (Wildman–Crippen MR) is 133 cm³/mol. The van der Waals surface area contributed by atoms with Crippen molar-refractivity contribution in [3.8, 4) is 11.3 Å². The van der Waals surface area contributed by atoms with E-state index in [-0.39, 0.29) is 17.7 Å². The maximum Gasteiger partial charge on any atom is 0.407 e. The number of aryl methyl sites for hydroxylation is 1. The lowest BCUT2D eigenvalue weighted by molar-refractivity contribution is 0.139. The second-order valence-electron chi connectivity index (χ2n) is 9.64. The number of fused-ring (bicyclic) bond motifs is 1. The van der Waals surface area contributed by atoms with Crippen LogP contribution in [0, 0.1) is 5.41 Å². The molecule has 7 nitrogen and oxygen atoms in total. The van der Waals surface area contributed by atoms with Crippen LogP contribution in [0.15, 0.2) is 71.5 Å². The summed E-state index contributed by atoms with van der Waals surface area (Å²) in [6.45, 7) is 7.51. The monoisotopic (exact) mass is 458 g/mol. The third kappa shape index (κ3) is 5.36. The standard InChI is InChI=1S/C27H30N4O3/c1-27(2,3)18-31-23-14-13-22(29-24(23)30(4)26(31)33)21-12-8-11-20(15-21)16-28-25(32)34-17-19-9-6-5-7-10-19/h5-15H,16-18H2,1-4H3,(H,28,32). The highest BCUT2D eigenvalue weighted by Crippen LogP contribution is 2.24. The van der Waals surface area contributed by atoms with Gasteiger partial charge in [-0.25, -0.2) is 14.6 Å². The molecule has 0 spiro atoms. The molecule has 0 aliphatic carbocycles. The molecule has 0 bridgehead atoms. The number of imidazole rings is 1. The Labute approximate surface area is 199 Å². The number of rotatable bonds is 6. The van der Waals surface area contributed by atoms with Crippen molar-refractivity contribution in [2.45, 2.75) is 40.5 Å². The fraction of sp³-hybridized carbons (Fsp3) is 0.296. The SMILES string of the molecule is Cn1c(=O)n(CC(C)(C)C)c2ccc(-c3cccc(CNC(=O)OCc4ccccc4)c3)nc21. The number of amides is 1. The van der Waals surface area contributed by atoms with Gasteiger partial charge in [0.25, 0.3) is 0 Å². The molecule has 34 heavy (non-hydrogen) atoms. The lowest BCUT2D eigenvalue weighted by Crippen LogP contribution is -2.27. The Morgan fingerprint density at radius 1 is 1.00 bits per heavy atom. The third-order valence-electron chi connectivity index (χ3n) is 5.49. The van der Waals surface area contributed by atoms with E-state index in [1.807, 2.05) is 66.7 Å². The van der Waals surface area contributed by atoms with Crippen molar-refractivity contribution in [2.75, 3.05) is 0 Å². The van der Waals surface area contributed by atoms with Crippen molar-refractivity contribution in [1.82, 2.24) is 19.4 Å². The molecule has 0 radical (unpaired) electrons. The normalized spacial score (nSPS) is 11.5. The van der Waals surface area contributed by atoms with Crippen LogP contribution in [-0.4, -0.2) is 20.2 Å². The summed E-state index contributed by atoms with van der Waals surface area (Å²) < 4.78 is 8.66. The van der Waals surface area contributed by atoms with E-state index >= 15 is 0 Å². The molecule has 0 atom stereocenters. The van der Waals surface area contributed by atoms with Crippen LogP contribution in [0.25, 0.3) is 22.4 Å². The largest absolute Gasteiger partial charge is 0.445 e. The molecule has 1 N–H and O–H groups in total. The van der Waals surface area contributed by atoms with Gasteiger partial charge in [-0.05, 0) is 34.7 Å². The van der Waals surface area contributed by atoms with Crippen molar-refractivity contribution in [1.29, 1.82) is 0 Å². The van der Waals surface area contributed by atoms with E-state index in [9.17, 15) is 9.59 Å². The van der Waals surface area contributed by atoms with Gasteiger partial charge >= 0.3 is 11.8 Å². The molecule has 0 fully saturated rings. The van der Waals surface area contributed by atoms with E-state index in [1.165, 1.54) is 0 Å². The van der Waals surface area contributed by atoms with Gasteiger partial charge in [-0.3, -0.25) is 9.13 Å². The van der Waals surface area contributed by atoms with Crippen LogP contribution in [0.3, 0.4) is 0 Å². The Hall–Kier alpha value is -3.87. The van der Waals surface area contributed by atoms with Gasteiger partial charge < -0.3 is 10.1 Å². The van der Waals surface area contributed by atoms with Gasteiger partial charge in [0.1, 0.15) is 6.61 Å². The fourth-order valence-electron chi connectivity index (χ4n) is 3.85. The Kier molecular flexibility index (Phi) is 6.54.